The van der Waals surface area contributed by atoms with Crippen LogP contribution < -0.4 is 16.2 Å². The molecule has 2 heterocycles. The number of nitrogens with one attached hydrogen (secondary N) is 3. The van der Waals surface area contributed by atoms with E-state index in [2.05, 4.69) is 37.5 Å². The van der Waals surface area contributed by atoms with Gasteiger partial charge in [0.25, 0.3) is 5.91 Å². The van der Waals surface area contributed by atoms with E-state index in [9.17, 15) is 4.79 Å². The first-order valence-corrected chi connectivity index (χ1v) is 9.17. The highest BCUT2D eigenvalue weighted by atomic mass is 32.1. The molecule has 9 heteroatoms. The Kier molecular flexibility index (Phi) is 5.77. The van der Waals surface area contributed by atoms with Crippen LogP contribution in [0.5, 0.6) is 0 Å². The van der Waals surface area contributed by atoms with Gasteiger partial charge in [0.05, 0.1) is 11.4 Å². The Morgan fingerprint density at radius 1 is 1.27 bits per heavy atom. The van der Waals surface area contributed by atoms with Gasteiger partial charge in [-0.3, -0.25) is 15.6 Å². The van der Waals surface area contributed by atoms with Gasteiger partial charge in [-0.15, -0.1) is 10.2 Å². The number of carbonyl (C=O) groups excluding carboxylic acids is 1. The normalized spacial score (nSPS) is 14.0. The lowest BCUT2D eigenvalue weighted by Crippen LogP contribution is -2.47. The van der Waals surface area contributed by atoms with Crippen molar-refractivity contribution in [2.45, 2.75) is 46.0 Å². The molecule has 1 aliphatic rings. The summed E-state index contributed by atoms with van der Waals surface area (Å²) in [6.45, 7) is 4.38. The largest absolute Gasteiger partial charge is 0.361 e. The van der Waals surface area contributed by atoms with Crippen LogP contribution in [-0.2, 0) is 0 Å². The maximum Gasteiger partial charge on any atom is 0.292 e. The number of allylic oxidation sites excluding steroid dienone is 1. The quantitative estimate of drug-likeness (QED) is 0.427. The third kappa shape index (κ3) is 4.34. The maximum atomic E-state index is 12.3. The molecule has 8 nitrogen and oxygen atoms in total. The summed E-state index contributed by atoms with van der Waals surface area (Å²) >= 11 is 5.19. The zero-order chi connectivity index (χ0) is 18.5. The molecule has 0 bridgehead atoms. The van der Waals surface area contributed by atoms with E-state index in [0.717, 1.165) is 18.7 Å². The number of hydrazine groups is 1. The standard InChI is InChI=1S/C17H23N7OS/c1-11-10-14-19-20-15(12(2)24(14)23-11)16(25)21-22-17(26)18-9-8-13-6-4-3-5-7-13/h6,10H,3-5,7-9H2,1-2H3,(H,21,25)(H2,18,22,26). The molecule has 0 unspecified atom stereocenters. The number of amides is 1. The van der Waals surface area contributed by atoms with Crippen LogP contribution in [0.3, 0.4) is 0 Å². The Morgan fingerprint density at radius 3 is 2.88 bits per heavy atom. The first kappa shape index (κ1) is 18.2. The van der Waals surface area contributed by atoms with Crippen molar-refractivity contribution in [2.75, 3.05) is 6.54 Å². The molecule has 1 aliphatic carbocycles. The number of thiocarbonyl (C=S) groups is 1. The van der Waals surface area contributed by atoms with E-state index in [1.54, 1.807) is 17.5 Å². The van der Waals surface area contributed by atoms with E-state index in [-0.39, 0.29) is 5.69 Å². The Morgan fingerprint density at radius 2 is 2.12 bits per heavy atom. The molecule has 0 saturated carbocycles. The van der Waals surface area contributed by atoms with Crippen molar-refractivity contribution < 1.29 is 4.79 Å². The van der Waals surface area contributed by atoms with Gasteiger partial charge >= 0.3 is 0 Å². The molecule has 0 fully saturated rings. The number of carbonyl (C=O) groups is 1. The summed E-state index contributed by atoms with van der Waals surface area (Å²) in [5.74, 6) is -0.413. The zero-order valence-electron chi connectivity index (χ0n) is 15.0. The maximum absolute atomic E-state index is 12.3. The summed E-state index contributed by atoms with van der Waals surface area (Å²) in [6, 6.07) is 1.81. The fraction of sp³-hybridized carbons (Fsp3) is 0.471. The Hall–Kier alpha value is -2.55. The molecule has 0 aromatic carbocycles. The number of aromatic nitrogens is 4. The number of hydrogen-bond donors (Lipinski definition) is 3. The number of hydrogen-bond acceptors (Lipinski definition) is 5. The molecular weight excluding hydrogens is 350 g/mol. The van der Waals surface area contributed by atoms with Crippen LogP contribution >= 0.6 is 12.2 Å². The van der Waals surface area contributed by atoms with Gasteiger partial charge in [-0.05, 0) is 58.2 Å². The van der Waals surface area contributed by atoms with E-state index >= 15 is 0 Å². The second-order valence-corrected chi connectivity index (χ2v) is 6.79. The van der Waals surface area contributed by atoms with Crippen molar-refractivity contribution in [3.05, 3.63) is 34.8 Å². The molecule has 3 N–H and O–H groups in total. The molecule has 1 amide bonds. The number of nitrogens with zero attached hydrogens (tertiary/aromatic N) is 4. The lowest BCUT2D eigenvalue weighted by molar-refractivity contribution is 0.0936. The molecule has 2 aromatic heterocycles. The predicted molar refractivity (Wildman–Crippen MR) is 103 cm³/mol. The van der Waals surface area contributed by atoms with Crippen LogP contribution in [0.2, 0.25) is 0 Å². The second kappa shape index (κ2) is 8.22. The highest BCUT2D eigenvalue weighted by Gasteiger charge is 2.16. The highest BCUT2D eigenvalue weighted by molar-refractivity contribution is 7.80. The SMILES string of the molecule is Cc1cc2nnc(C(=O)NNC(=S)NCCC3=CCCCC3)c(C)n2n1. The summed E-state index contributed by atoms with van der Waals surface area (Å²) in [6.07, 6.45) is 8.19. The van der Waals surface area contributed by atoms with Gasteiger partial charge in [0.1, 0.15) is 0 Å². The molecule has 2 aromatic rings. The van der Waals surface area contributed by atoms with E-state index in [0.29, 0.717) is 16.5 Å². The van der Waals surface area contributed by atoms with Crippen molar-refractivity contribution in [1.82, 2.24) is 36.0 Å². The van der Waals surface area contributed by atoms with Crippen LogP contribution in [0.4, 0.5) is 0 Å². The minimum Gasteiger partial charge on any atom is -0.361 e. The van der Waals surface area contributed by atoms with Gasteiger partial charge < -0.3 is 5.32 Å². The molecule has 138 valence electrons. The summed E-state index contributed by atoms with van der Waals surface area (Å²) < 4.78 is 1.60. The van der Waals surface area contributed by atoms with E-state index < -0.39 is 5.91 Å². The van der Waals surface area contributed by atoms with Crippen LogP contribution in [-0.4, -0.2) is 37.4 Å². The van der Waals surface area contributed by atoms with Gasteiger partial charge in [0.15, 0.2) is 16.5 Å². The van der Waals surface area contributed by atoms with Crippen molar-refractivity contribution in [1.29, 1.82) is 0 Å². The Bertz CT molecular complexity index is 858. The fourth-order valence-electron chi connectivity index (χ4n) is 2.97. The minimum absolute atomic E-state index is 0.197. The summed E-state index contributed by atoms with van der Waals surface area (Å²) in [7, 11) is 0. The molecule has 0 radical (unpaired) electrons. The first-order chi connectivity index (χ1) is 12.5. The van der Waals surface area contributed by atoms with Crippen molar-refractivity contribution in [3.8, 4) is 0 Å². The molecular formula is C17H23N7OS. The molecule has 0 atom stereocenters. The Balaban J connectivity index is 1.49. The van der Waals surface area contributed by atoms with Crippen LogP contribution in [0.15, 0.2) is 17.7 Å². The average Bonchev–Trinajstić information content (AvgIpc) is 3.02. The molecule has 0 saturated heterocycles. The first-order valence-electron chi connectivity index (χ1n) is 8.76. The summed E-state index contributed by atoms with van der Waals surface area (Å²) in [5.41, 5.74) is 8.97. The highest BCUT2D eigenvalue weighted by Crippen LogP contribution is 2.19. The zero-order valence-corrected chi connectivity index (χ0v) is 15.8. The fourth-order valence-corrected chi connectivity index (χ4v) is 3.13. The number of fused-ring (bicyclic) bond motifs is 1. The monoisotopic (exact) mass is 373 g/mol. The van der Waals surface area contributed by atoms with Crippen molar-refractivity contribution in [3.63, 3.8) is 0 Å². The number of rotatable bonds is 4. The van der Waals surface area contributed by atoms with Gasteiger partial charge in [-0.1, -0.05) is 11.6 Å². The molecule has 3 rings (SSSR count). The van der Waals surface area contributed by atoms with E-state index in [4.69, 9.17) is 12.2 Å². The third-order valence-electron chi connectivity index (χ3n) is 4.35. The third-order valence-corrected chi connectivity index (χ3v) is 4.59. The Labute approximate surface area is 157 Å². The molecule has 0 spiro atoms. The molecule has 26 heavy (non-hydrogen) atoms. The van der Waals surface area contributed by atoms with Gasteiger partial charge in [0, 0.05) is 12.6 Å². The van der Waals surface area contributed by atoms with E-state index in [1.165, 1.54) is 31.3 Å². The van der Waals surface area contributed by atoms with Gasteiger partial charge in [-0.25, -0.2) is 4.52 Å². The van der Waals surface area contributed by atoms with Gasteiger partial charge in [-0.2, -0.15) is 5.10 Å². The molecule has 0 aliphatic heterocycles. The summed E-state index contributed by atoms with van der Waals surface area (Å²) in [5, 5.41) is 15.8. The number of aryl methyl sites for hydroxylation is 2. The predicted octanol–water partition coefficient (Wildman–Crippen LogP) is 1.74. The second-order valence-electron chi connectivity index (χ2n) is 6.38. The van der Waals surface area contributed by atoms with Crippen molar-refractivity contribution >= 4 is 28.9 Å². The van der Waals surface area contributed by atoms with E-state index in [1.807, 2.05) is 6.92 Å². The van der Waals surface area contributed by atoms with Crippen LogP contribution in [0.25, 0.3) is 5.65 Å². The average molecular weight is 373 g/mol. The van der Waals surface area contributed by atoms with Gasteiger partial charge in [0.2, 0.25) is 0 Å². The summed E-state index contributed by atoms with van der Waals surface area (Å²) in [4.78, 5) is 12.3. The minimum atomic E-state index is -0.413. The van der Waals surface area contributed by atoms with Crippen molar-refractivity contribution in [2.24, 2.45) is 0 Å². The van der Waals surface area contributed by atoms with Crippen LogP contribution in [0, 0.1) is 13.8 Å². The lowest BCUT2D eigenvalue weighted by Gasteiger charge is -2.15. The topological polar surface area (TPSA) is 96.2 Å². The van der Waals surface area contributed by atoms with Crippen LogP contribution in [0.1, 0.15) is 54.0 Å². The smallest absolute Gasteiger partial charge is 0.292 e. The lowest BCUT2D eigenvalue weighted by atomic mass is 9.97.